The summed E-state index contributed by atoms with van der Waals surface area (Å²) in [4.78, 5) is 29.4. The van der Waals surface area contributed by atoms with Gasteiger partial charge in [0.05, 0.1) is 11.4 Å². The molecule has 4 rings (SSSR count). The van der Waals surface area contributed by atoms with Crippen LogP contribution in [-0.4, -0.2) is 55.1 Å². The van der Waals surface area contributed by atoms with Gasteiger partial charge in [-0.25, -0.2) is 8.42 Å². The van der Waals surface area contributed by atoms with Gasteiger partial charge < -0.3 is 10.2 Å². The Hall–Kier alpha value is -2.91. The second-order valence-corrected chi connectivity index (χ2v) is 13.3. The zero-order valence-corrected chi connectivity index (χ0v) is 25.3. The van der Waals surface area contributed by atoms with E-state index in [-0.39, 0.29) is 29.8 Å². The van der Waals surface area contributed by atoms with Crippen molar-refractivity contribution in [3.8, 4) is 0 Å². The predicted octanol–water partition coefficient (Wildman–Crippen LogP) is 5.70. The molecule has 0 saturated heterocycles. The van der Waals surface area contributed by atoms with Crippen molar-refractivity contribution in [1.29, 1.82) is 0 Å². The highest BCUT2D eigenvalue weighted by Gasteiger charge is 2.34. The summed E-state index contributed by atoms with van der Waals surface area (Å²) in [5.74, 6) is -0.731. The monoisotopic (exact) mass is 615 g/mol. The lowest BCUT2D eigenvalue weighted by Gasteiger charge is -2.34. The average molecular weight is 617 g/mol. The molecule has 1 aliphatic carbocycles. The highest BCUT2D eigenvalue weighted by molar-refractivity contribution is 7.89. The van der Waals surface area contributed by atoms with Crippen molar-refractivity contribution >= 4 is 45.0 Å². The normalized spacial score (nSPS) is 14.9. The number of likely N-dealkylation sites (N-methyl/N-ethyl adjacent to an activating group) is 1. The maximum Gasteiger partial charge on any atom is 0.243 e. The molecule has 1 N–H and O–H groups in total. The fourth-order valence-corrected chi connectivity index (χ4v) is 6.41. The molecule has 0 spiro atoms. The molecule has 3 aromatic carbocycles. The molecule has 0 bridgehead atoms. The van der Waals surface area contributed by atoms with Crippen molar-refractivity contribution < 1.29 is 18.0 Å². The van der Waals surface area contributed by atoms with E-state index in [1.165, 1.54) is 36.2 Å². The Labute approximate surface area is 252 Å². The van der Waals surface area contributed by atoms with Crippen molar-refractivity contribution in [1.82, 2.24) is 14.5 Å². The maximum atomic E-state index is 14.0. The average Bonchev–Trinajstić information content (AvgIpc) is 2.97. The van der Waals surface area contributed by atoms with Gasteiger partial charge in [-0.2, -0.15) is 4.31 Å². The smallest absolute Gasteiger partial charge is 0.243 e. The van der Waals surface area contributed by atoms with Crippen LogP contribution in [0.1, 0.15) is 43.2 Å². The van der Waals surface area contributed by atoms with E-state index >= 15 is 0 Å². The number of hydrogen-bond donors (Lipinski definition) is 1. The SMILES string of the molecule is CN(CC(=O)N(Cc1ccc(Cl)cc1)[C@H](Cc1ccccc1)C(=O)NC1CCCCC1)S(=O)(=O)c1ccc(Cl)cc1. The molecule has 10 heteroatoms. The third-order valence-electron chi connectivity index (χ3n) is 7.37. The second kappa shape index (κ2) is 14.3. The Bertz CT molecular complexity index is 1410. The quantitative estimate of drug-likeness (QED) is 0.300. The third-order valence-corrected chi connectivity index (χ3v) is 9.69. The standard InChI is InChI=1S/C31H35Cl2N3O4S/c1-35(41(39,40)28-18-16-26(33)17-19-28)22-30(37)36(21-24-12-14-25(32)15-13-24)29(20-23-8-4-2-5-9-23)31(38)34-27-10-6-3-7-11-27/h2,4-5,8-9,12-19,27,29H,3,6-7,10-11,20-22H2,1H3,(H,34,38)/t29-/m1/s1. The van der Waals surface area contributed by atoms with Gasteiger partial charge in [-0.15, -0.1) is 0 Å². The van der Waals surface area contributed by atoms with Gasteiger partial charge in [0.2, 0.25) is 21.8 Å². The van der Waals surface area contributed by atoms with Gasteiger partial charge in [-0.1, -0.05) is 84.9 Å². The Balaban J connectivity index is 1.65. The highest BCUT2D eigenvalue weighted by Crippen LogP contribution is 2.22. The van der Waals surface area contributed by atoms with Crippen LogP contribution in [0.2, 0.25) is 10.0 Å². The van der Waals surface area contributed by atoms with Gasteiger partial charge in [0.15, 0.2) is 0 Å². The molecule has 2 amide bonds. The van der Waals surface area contributed by atoms with E-state index in [1.807, 2.05) is 30.3 Å². The van der Waals surface area contributed by atoms with E-state index in [2.05, 4.69) is 5.32 Å². The molecule has 1 atom stereocenters. The van der Waals surface area contributed by atoms with E-state index < -0.39 is 28.5 Å². The minimum atomic E-state index is -3.98. The van der Waals surface area contributed by atoms with E-state index in [1.54, 1.807) is 24.3 Å². The zero-order valence-electron chi connectivity index (χ0n) is 23.0. The number of nitrogens with zero attached hydrogens (tertiary/aromatic N) is 2. The number of carbonyl (C=O) groups excluding carboxylic acids is 2. The Morgan fingerprint density at radius 2 is 1.44 bits per heavy atom. The highest BCUT2D eigenvalue weighted by atomic mass is 35.5. The largest absolute Gasteiger partial charge is 0.352 e. The fraction of sp³-hybridized carbons (Fsp3) is 0.355. The molecule has 3 aromatic rings. The Morgan fingerprint density at radius 3 is 2.05 bits per heavy atom. The zero-order chi connectivity index (χ0) is 29.4. The topological polar surface area (TPSA) is 86.8 Å². The Morgan fingerprint density at radius 1 is 0.854 bits per heavy atom. The predicted molar refractivity (Wildman–Crippen MR) is 162 cm³/mol. The first kappa shape index (κ1) is 31.0. The van der Waals surface area contributed by atoms with Gasteiger partial charge in [0.1, 0.15) is 6.04 Å². The molecule has 41 heavy (non-hydrogen) atoms. The van der Waals surface area contributed by atoms with E-state index in [0.717, 1.165) is 47.5 Å². The number of rotatable bonds is 11. The molecule has 1 aliphatic rings. The number of halogens is 2. The lowest BCUT2D eigenvalue weighted by atomic mass is 9.94. The molecule has 1 fully saturated rings. The van der Waals surface area contributed by atoms with Crippen LogP contribution >= 0.6 is 23.2 Å². The van der Waals surface area contributed by atoms with Gasteiger partial charge in [0, 0.05) is 36.1 Å². The summed E-state index contributed by atoms with van der Waals surface area (Å²) in [5.41, 5.74) is 1.67. The summed E-state index contributed by atoms with van der Waals surface area (Å²) in [6, 6.07) is 21.6. The molecular formula is C31H35Cl2N3O4S. The van der Waals surface area contributed by atoms with Crippen LogP contribution < -0.4 is 5.32 Å². The van der Waals surface area contributed by atoms with Crippen molar-refractivity contribution in [2.45, 2.75) is 62.0 Å². The van der Waals surface area contributed by atoms with Crippen molar-refractivity contribution in [2.75, 3.05) is 13.6 Å². The molecule has 0 heterocycles. The van der Waals surface area contributed by atoms with Crippen LogP contribution in [0, 0.1) is 0 Å². The Kier molecular flexibility index (Phi) is 10.8. The number of carbonyl (C=O) groups is 2. The summed E-state index contributed by atoms with van der Waals surface area (Å²) in [7, 11) is -2.62. The van der Waals surface area contributed by atoms with Crippen LogP contribution in [-0.2, 0) is 32.6 Å². The third kappa shape index (κ3) is 8.55. The van der Waals surface area contributed by atoms with Gasteiger partial charge in [0.25, 0.3) is 0 Å². The van der Waals surface area contributed by atoms with Gasteiger partial charge in [-0.3, -0.25) is 9.59 Å². The minimum Gasteiger partial charge on any atom is -0.352 e. The summed E-state index contributed by atoms with van der Waals surface area (Å²) < 4.78 is 27.6. The van der Waals surface area contributed by atoms with Crippen molar-refractivity contribution in [2.24, 2.45) is 0 Å². The molecule has 0 aromatic heterocycles. The maximum absolute atomic E-state index is 14.0. The van der Waals surface area contributed by atoms with Crippen LogP contribution in [0.25, 0.3) is 0 Å². The lowest BCUT2D eigenvalue weighted by Crippen LogP contribution is -2.54. The van der Waals surface area contributed by atoms with Crippen molar-refractivity contribution in [3.63, 3.8) is 0 Å². The van der Waals surface area contributed by atoms with Crippen LogP contribution in [0.4, 0.5) is 0 Å². The molecule has 218 valence electrons. The molecule has 7 nitrogen and oxygen atoms in total. The van der Waals surface area contributed by atoms with E-state index in [9.17, 15) is 18.0 Å². The number of benzene rings is 3. The number of hydrogen-bond acceptors (Lipinski definition) is 4. The van der Waals surface area contributed by atoms with Crippen LogP contribution in [0.3, 0.4) is 0 Å². The first-order valence-electron chi connectivity index (χ1n) is 13.7. The van der Waals surface area contributed by atoms with Crippen molar-refractivity contribution in [3.05, 3.63) is 100 Å². The molecule has 1 saturated carbocycles. The second-order valence-electron chi connectivity index (χ2n) is 10.4. The lowest BCUT2D eigenvalue weighted by molar-refractivity contribution is -0.141. The van der Waals surface area contributed by atoms with E-state index in [4.69, 9.17) is 23.2 Å². The first-order valence-corrected chi connectivity index (χ1v) is 15.9. The van der Waals surface area contributed by atoms with Gasteiger partial charge >= 0.3 is 0 Å². The minimum absolute atomic E-state index is 0.0253. The summed E-state index contributed by atoms with van der Waals surface area (Å²) in [5, 5.41) is 4.14. The first-order chi connectivity index (χ1) is 19.6. The summed E-state index contributed by atoms with van der Waals surface area (Å²) >= 11 is 12.0. The van der Waals surface area contributed by atoms with E-state index in [0.29, 0.717) is 10.0 Å². The molecule has 0 radical (unpaired) electrons. The summed E-state index contributed by atoms with van der Waals surface area (Å²) in [6.45, 7) is -0.332. The molecule has 0 aliphatic heterocycles. The number of nitrogens with one attached hydrogen (secondary N) is 1. The van der Waals surface area contributed by atoms with Crippen LogP contribution in [0.5, 0.6) is 0 Å². The molecular weight excluding hydrogens is 581 g/mol. The number of sulfonamides is 1. The van der Waals surface area contributed by atoms with Crippen LogP contribution in [0.15, 0.2) is 83.8 Å². The molecule has 0 unspecified atom stereocenters. The number of amides is 2. The fourth-order valence-electron chi connectivity index (χ4n) is 5.04. The van der Waals surface area contributed by atoms with Gasteiger partial charge in [-0.05, 0) is 60.4 Å². The summed E-state index contributed by atoms with van der Waals surface area (Å²) in [6.07, 6.45) is 5.33.